The van der Waals surface area contributed by atoms with Crippen molar-refractivity contribution < 1.29 is 0 Å². The highest BCUT2D eigenvalue weighted by Gasteiger charge is 2.15. The Labute approximate surface area is 81.9 Å². The topological polar surface area (TPSA) is 27.3 Å². The van der Waals surface area contributed by atoms with E-state index in [-0.39, 0.29) is 0 Å². The third-order valence-corrected chi connectivity index (χ3v) is 2.67. The number of rotatable bonds is 5. The molecule has 0 aromatic heterocycles. The van der Waals surface area contributed by atoms with Crippen LogP contribution in [0.4, 0.5) is 0 Å². The highest BCUT2D eigenvalue weighted by molar-refractivity contribution is 4.74. The van der Waals surface area contributed by atoms with Gasteiger partial charge in [0, 0.05) is 19.6 Å². The van der Waals surface area contributed by atoms with Crippen LogP contribution in [0, 0.1) is 0 Å². The van der Waals surface area contributed by atoms with E-state index in [0.717, 1.165) is 19.6 Å². The molecule has 13 heavy (non-hydrogen) atoms. The highest BCUT2D eigenvalue weighted by atomic mass is 15.3. The molecule has 1 aliphatic heterocycles. The van der Waals surface area contributed by atoms with E-state index in [1.54, 1.807) is 0 Å². The van der Waals surface area contributed by atoms with Gasteiger partial charge in [0.2, 0.25) is 0 Å². The Balaban J connectivity index is 2.09. The minimum Gasteiger partial charge on any atom is -0.313 e. The lowest BCUT2D eigenvalue weighted by atomic mass is 10.2. The third kappa shape index (κ3) is 4.07. The van der Waals surface area contributed by atoms with Crippen LogP contribution in [-0.2, 0) is 0 Å². The molecule has 3 nitrogen and oxygen atoms in total. The zero-order valence-corrected chi connectivity index (χ0v) is 8.97. The van der Waals surface area contributed by atoms with E-state index in [4.69, 9.17) is 0 Å². The average Bonchev–Trinajstić information content (AvgIpc) is 2.19. The fourth-order valence-corrected chi connectivity index (χ4v) is 1.72. The molecule has 0 spiro atoms. The van der Waals surface area contributed by atoms with E-state index >= 15 is 0 Å². The standard InChI is InChI=1S/C10H23N3/c1-3-4-5-8-13(2)10-9-11-6-7-12-10/h10-12H,3-9H2,1-2H3. The van der Waals surface area contributed by atoms with Crippen LogP contribution in [0.1, 0.15) is 26.2 Å². The van der Waals surface area contributed by atoms with E-state index < -0.39 is 0 Å². The van der Waals surface area contributed by atoms with Crippen LogP contribution < -0.4 is 10.6 Å². The van der Waals surface area contributed by atoms with E-state index in [1.165, 1.54) is 25.8 Å². The second kappa shape index (κ2) is 6.35. The Morgan fingerprint density at radius 2 is 2.15 bits per heavy atom. The Morgan fingerprint density at radius 3 is 2.77 bits per heavy atom. The minimum absolute atomic E-state index is 0.547. The summed E-state index contributed by atoms with van der Waals surface area (Å²) < 4.78 is 0. The zero-order valence-electron chi connectivity index (χ0n) is 8.97. The van der Waals surface area contributed by atoms with Crippen molar-refractivity contribution in [3.05, 3.63) is 0 Å². The maximum Gasteiger partial charge on any atom is 0.0723 e. The molecule has 0 bridgehead atoms. The van der Waals surface area contributed by atoms with Crippen molar-refractivity contribution in [2.45, 2.75) is 32.4 Å². The van der Waals surface area contributed by atoms with Crippen LogP contribution in [-0.4, -0.2) is 44.3 Å². The molecule has 1 saturated heterocycles. The first kappa shape index (κ1) is 11.0. The van der Waals surface area contributed by atoms with E-state index in [2.05, 4.69) is 29.5 Å². The van der Waals surface area contributed by atoms with Gasteiger partial charge < -0.3 is 5.32 Å². The number of likely N-dealkylation sites (N-methyl/N-ethyl adjacent to an activating group) is 1. The molecule has 1 aliphatic rings. The maximum atomic E-state index is 3.51. The average molecular weight is 185 g/mol. The second-order valence-electron chi connectivity index (χ2n) is 3.86. The molecule has 0 amide bonds. The number of piperazine rings is 1. The normalized spacial score (nSPS) is 23.8. The predicted molar refractivity (Wildman–Crippen MR) is 56.8 cm³/mol. The van der Waals surface area contributed by atoms with Gasteiger partial charge in [-0.1, -0.05) is 19.8 Å². The first-order valence-corrected chi connectivity index (χ1v) is 5.49. The Hall–Kier alpha value is -0.120. The minimum atomic E-state index is 0.547. The quantitative estimate of drug-likeness (QED) is 0.615. The molecular weight excluding hydrogens is 162 g/mol. The lowest BCUT2D eigenvalue weighted by molar-refractivity contribution is 0.179. The SMILES string of the molecule is CCCCCN(C)C1CNCCN1. The van der Waals surface area contributed by atoms with Crippen LogP contribution >= 0.6 is 0 Å². The second-order valence-corrected chi connectivity index (χ2v) is 3.86. The number of unbranched alkanes of at least 4 members (excludes halogenated alkanes) is 2. The molecule has 78 valence electrons. The highest BCUT2D eigenvalue weighted by Crippen LogP contribution is 2.00. The van der Waals surface area contributed by atoms with Crippen molar-refractivity contribution in [2.24, 2.45) is 0 Å². The van der Waals surface area contributed by atoms with E-state index in [0.29, 0.717) is 6.17 Å². The van der Waals surface area contributed by atoms with Crippen LogP contribution in [0.25, 0.3) is 0 Å². The maximum absolute atomic E-state index is 3.51. The molecule has 0 saturated carbocycles. The summed E-state index contributed by atoms with van der Waals surface area (Å²) in [6.07, 6.45) is 4.53. The summed E-state index contributed by atoms with van der Waals surface area (Å²) in [4.78, 5) is 2.42. The Kier molecular flexibility index (Phi) is 5.35. The van der Waals surface area contributed by atoms with Crippen molar-refractivity contribution in [3.63, 3.8) is 0 Å². The number of nitrogens with zero attached hydrogens (tertiary/aromatic N) is 1. The summed E-state index contributed by atoms with van der Waals surface area (Å²) in [6.45, 7) is 6.76. The molecule has 1 atom stereocenters. The fraction of sp³-hybridized carbons (Fsp3) is 1.00. The van der Waals surface area contributed by atoms with Crippen LogP contribution in [0.3, 0.4) is 0 Å². The number of nitrogens with one attached hydrogen (secondary N) is 2. The Morgan fingerprint density at radius 1 is 1.31 bits per heavy atom. The lowest BCUT2D eigenvalue weighted by Crippen LogP contribution is -2.56. The van der Waals surface area contributed by atoms with Gasteiger partial charge in [0.05, 0.1) is 6.17 Å². The molecule has 0 radical (unpaired) electrons. The first-order chi connectivity index (χ1) is 6.34. The third-order valence-electron chi connectivity index (χ3n) is 2.67. The largest absolute Gasteiger partial charge is 0.313 e. The van der Waals surface area contributed by atoms with Gasteiger partial charge in [0.25, 0.3) is 0 Å². The molecule has 1 heterocycles. The molecule has 0 aliphatic carbocycles. The first-order valence-electron chi connectivity index (χ1n) is 5.49. The van der Waals surface area contributed by atoms with E-state index in [9.17, 15) is 0 Å². The van der Waals surface area contributed by atoms with Gasteiger partial charge in [0.1, 0.15) is 0 Å². The van der Waals surface area contributed by atoms with Gasteiger partial charge >= 0.3 is 0 Å². The van der Waals surface area contributed by atoms with Gasteiger partial charge in [-0.25, -0.2) is 0 Å². The van der Waals surface area contributed by atoms with Crippen LogP contribution in [0.15, 0.2) is 0 Å². The number of hydrogen-bond donors (Lipinski definition) is 2. The van der Waals surface area contributed by atoms with Crippen LogP contribution in [0.5, 0.6) is 0 Å². The number of hydrogen-bond acceptors (Lipinski definition) is 3. The summed E-state index contributed by atoms with van der Waals surface area (Å²) >= 11 is 0. The smallest absolute Gasteiger partial charge is 0.0723 e. The van der Waals surface area contributed by atoms with Crippen molar-refractivity contribution in [3.8, 4) is 0 Å². The fourth-order valence-electron chi connectivity index (χ4n) is 1.72. The molecule has 1 rings (SSSR count). The van der Waals surface area contributed by atoms with E-state index in [1.807, 2.05) is 0 Å². The molecule has 3 heteroatoms. The summed E-state index contributed by atoms with van der Waals surface area (Å²) in [5.41, 5.74) is 0. The summed E-state index contributed by atoms with van der Waals surface area (Å²) in [5.74, 6) is 0. The van der Waals surface area contributed by atoms with Gasteiger partial charge in [-0.3, -0.25) is 10.2 Å². The molecule has 0 aromatic rings. The van der Waals surface area contributed by atoms with Crippen molar-refractivity contribution in [1.82, 2.24) is 15.5 Å². The molecule has 1 fully saturated rings. The molecule has 1 unspecified atom stereocenters. The molecule has 0 aromatic carbocycles. The van der Waals surface area contributed by atoms with Gasteiger partial charge in [0.15, 0.2) is 0 Å². The zero-order chi connectivity index (χ0) is 9.52. The summed E-state index contributed by atoms with van der Waals surface area (Å²) in [5, 5.41) is 6.91. The lowest BCUT2D eigenvalue weighted by Gasteiger charge is -2.32. The van der Waals surface area contributed by atoms with Crippen molar-refractivity contribution in [1.29, 1.82) is 0 Å². The van der Waals surface area contributed by atoms with Crippen molar-refractivity contribution in [2.75, 3.05) is 33.2 Å². The predicted octanol–water partition coefficient (Wildman–Crippen LogP) is 0.627. The monoisotopic (exact) mass is 185 g/mol. The summed E-state index contributed by atoms with van der Waals surface area (Å²) in [6, 6.07) is 0. The van der Waals surface area contributed by atoms with Gasteiger partial charge in [-0.2, -0.15) is 0 Å². The van der Waals surface area contributed by atoms with Crippen molar-refractivity contribution >= 4 is 0 Å². The van der Waals surface area contributed by atoms with Gasteiger partial charge in [-0.15, -0.1) is 0 Å². The Bertz CT molecular complexity index is 121. The van der Waals surface area contributed by atoms with Crippen LogP contribution in [0.2, 0.25) is 0 Å². The summed E-state index contributed by atoms with van der Waals surface area (Å²) in [7, 11) is 2.21. The molecule has 2 N–H and O–H groups in total. The molecular formula is C10H23N3. The van der Waals surface area contributed by atoms with Gasteiger partial charge in [-0.05, 0) is 20.0 Å².